The first-order valence-electron chi connectivity index (χ1n) is 5.75. The smallest absolute Gasteiger partial charge is 0.183 e. The van der Waals surface area contributed by atoms with Crippen LogP contribution in [0.5, 0.6) is 0 Å². The molecule has 0 fully saturated rings. The van der Waals surface area contributed by atoms with Crippen LogP contribution in [0.1, 0.15) is 32.6 Å². The molecule has 1 rings (SSSR count). The average molecular weight is 368 g/mol. The first kappa shape index (κ1) is 15.2. The van der Waals surface area contributed by atoms with Crippen molar-refractivity contribution in [2.45, 2.75) is 32.9 Å². The van der Waals surface area contributed by atoms with Crippen LogP contribution in [0.25, 0.3) is 0 Å². The van der Waals surface area contributed by atoms with Gasteiger partial charge in [-0.2, -0.15) is 0 Å². The van der Waals surface area contributed by atoms with Gasteiger partial charge in [-0.3, -0.25) is 4.90 Å². The van der Waals surface area contributed by atoms with Crippen LogP contribution in [0.2, 0.25) is 0 Å². The zero-order valence-corrected chi connectivity index (χ0v) is 13.9. The van der Waals surface area contributed by atoms with E-state index in [2.05, 4.69) is 64.6 Å². The molecule has 0 saturated heterocycles. The molecule has 0 radical (unpaired) electrons. The van der Waals surface area contributed by atoms with Gasteiger partial charge in [-0.05, 0) is 57.8 Å². The zero-order valence-electron chi connectivity index (χ0n) is 10.7. The van der Waals surface area contributed by atoms with E-state index >= 15 is 0 Å². The molecular formula is C12H20Br2N2O. The van der Waals surface area contributed by atoms with Crippen molar-refractivity contribution in [2.75, 3.05) is 13.6 Å². The average Bonchev–Trinajstić information content (AvgIpc) is 2.58. The van der Waals surface area contributed by atoms with Crippen molar-refractivity contribution in [3.05, 3.63) is 21.0 Å². The van der Waals surface area contributed by atoms with Crippen molar-refractivity contribution in [1.29, 1.82) is 0 Å². The number of furan rings is 1. The lowest BCUT2D eigenvalue weighted by atomic mass is 10.0. The van der Waals surface area contributed by atoms with Crippen LogP contribution >= 0.6 is 31.9 Å². The normalized spacial score (nSPS) is 15.6. The molecule has 0 amide bonds. The molecule has 1 aromatic rings. The van der Waals surface area contributed by atoms with Crippen molar-refractivity contribution in [3.8, 4) is 0 Å². The SMILES string of the molecule is CC(C)C(C)N(C)C(CN)c1cc(Br)c(Br)o1. The summed E-state index contributed by atoms with van der Waals surface area (Å²) < 4.78 is 7.31. The molecule has 5 heteroatoms. The summed E-state index contributed by atoms with van der Waals surface area (Å²) >= 11 is 6.78. The summed E-state index contributed by atoms with van der Waals surface area (Å²) in [6, 6.07) is 2.53. The summed E-state index contributed by atoms with van der Waals surface area (Å²) in [5, 5.41) is 0. The summed E-state index contributed by atoms with van der Waals surface area (Å²) in [7, 11) is 2.09. The molecule has 0 aliphatic heterocycles. The van der Waals surface area contributed by atoms with E-state index in [0.29, 0.717) is 18.5 Å². The minimum absolute atomic E-state index is 0.106. The third-order valence-corrected chi connectivity index (χ3v) is 5.02. The topological polar surface area (TPSA) is 42.4 Å². The van der Waals surface area contributed by atoms with Gasteiger partial charge in [-0.25, -0.2) is 0 Å². The highest BCUT2D eigenvalue weighted by Gasteiger charge is 2.25. The second kappa shape index (κ2) is 6.36. The second-order valence-electron chi connectivity index (χ2n) is 4.67. The van der Waals surface area contributed by atoms with Crippen LogP contribution in [0, 0.1) is 5.92 Å². The number of hydrogen-bond donors (Lipinski definition) is 1. The van der Waals surface area contributed by atoms with E-state index in [4.69, 9.17) is 10.2 Å². The molecule has 0 bridgehead atoms. The minimum atomic E-state index is 0.106. The van der Waals surface area contributed by atoms with E-state index in [-0.39, 0.29) is 6.04 Å². The van der Waals surface area contributed by atoms with E-state index in [1.807, 2.05) is 6.07 Å². The third kappa shape index (κ3) is 3.56. The number of nitrogens with two attached hydrogens (primary N) is 1. The van der Waals surface area contributed by atoms with Gasteiger partial charge in [0.2, 0.25) is 0 Å². The van der Waals surface area contributed by atoms with E-state index in [1.165, 1.54) is 0 Å². The monoisotopic (exact) mass is 366 g/mol. The van der Waals surface area contributed by atoms with Crippen molar-refractivity contribution >= 4 is 31.9 Å². The molecule has 2 atom stereocenters. The van der Waals surface area contributed by atoms with Gasteiger partial charge >= 0.3 is 0 Å². The Morgan fingerprint density at radius 3 is 2.29 bits per heavy atom. The van der Waals surface area contributed by atoms with E-state index in [1.54, 1.807) is 0 Å². The molecular weight excluding hydrogens is 348 g/mol. The van der Waals surface area contributed by atoms with Crippen LogP contribution < -0.4 is 5.73 Å². The van der Waals surface area contributed by atoms with Crippen molar-refractivity contribution in [1.82, 2.24) is 4.90 Å². The Hall–Kier alpha value is 0.160. The van der Waals surface area contributed by atoms with Crippen LogP contribution in [0.3, 0.4) is 0 Å². The van der Waals surface area contributed by atoms with Gasteiger partial charge in [-0.1, -0.05) is 13.8 Å². The quantitative estimate of drug-likeness (QED) is 0.860. The highest BCUT2D eigenvalue weighted by molar-refractivity contribution is 9.13. The van der Waals surface area contributed by atoms with E-state index in [9.17, 15) is 0 Å². The predicted octanol–water partition coefficient (Wildman–Crippen LogP) is 3.78. The van der Waals surface area contributed by atoms with Crippen LogP contribution in [-0.4, -0.2) is 24.5 Å². The Bertz CT molecular complexity index is 346. The molecule has 2 unspecified atom stereocenters. The number of halogens is 2. The molecule has 98 valence electrons. The lowest BCUT2D eigenvalue weighted by Gasteiger charge is -2.33. The Morgan fingerprint density at radius 2 is 1.94 bits per heavy atom. The first-order valence-corrected chi connectivity index (χ1v) is 7.33. The molecule has 0 aliphatic rings. The predicted molar refractivity (Wildman–Crippen MR) is 78.0 cm³/mol. The van der Waals surface area contributed by atoms with Gasteiger partial charge in [0.1, 0.15) is 5.76 Å². The maximum atomic E-state index is 5.87. The maximum absolute atomic E-state index is 5.87. The van der Waals surface area contributed by atoms with Crippen molar-refractivity contribution < 1.29 is 4.42 Å². The van der Waals surface area contributed by atoms with E-state index < -0.39 is 0 Å². The van der Waals surface area contributed by atoms with Gasteiger partial charge < -0.3 is 10.2 Å². The Balaban J connectivity index is 2.91. The van der Waals surface area contributed by atoms with Crippen LogP contribution in [-0.2, 0) is 0 Å². The number of rotatable bonds is 5. The summed E-state index contributed by atoms with van der Waals surface area (Å²) in [5.41, 5.74) is 5.87. The molecule has 2 N–H and O–H groups in total. The molecule has 17 heavy (non-hydrogen) atoms. The molecule has 1 heterocycles. The summed E-state index contributed by atoms with van der Waals surface area (Å²) in [5.74, 6) is 1.47. The van der Waals surface area contributed by atoms with Gasteiger partial charge in [0.15, 0.2) is 4.67 Å². The highest BCUT2D eigenvalue weighted by Crippen LogP contribution is 2.32. The largest absolute Gasteiger partial charge is 0.451 e. The summed E-state index contributed by atoms with van der Waals surface area (Å²) in [6.07, 6.45) is 0. The maximum Gasteiger partial charge on any atom is 0.183 e. The lowest BCUT2D eigenvalue weighted by Crippen LogP contribution is -2.39. The van der Waals surface area contributed by atoms with Gasteiger partial charge in [-0.15, -0.1) is 0 Å². The first-order chi connectivity index (χ1) is 7.88. The molecule has 3 nitrogen and oxygen atoms in total. The number of hydrogen-bond acceptors (Lipinski definition) is 3. The molecule has 0 aliphatic carbocycles. The van der Waals surface area contributed by atoms with Crippen molar-refractivity contribution in [3.63, 3.8) is 0 Å². The van der Waals surface area contributed by atoms with Crippen LogP contribution in [0.4, 0.5) is 0 Å². The number of likely N-dealkylation sites (N-methyl/N-ethyl adjacent to an activating group) is 1. The highest BCUT2D eigenvalue weighted by atomic mass is 79.9. The standard InChI is InChI=1S/C12H20Br2N2O/c1-7(2)8(3)16(4)10(6-15)11-5-9(13)12(14)17-11/h5,7-8,10H,6,15H2,1-4H3. The fourth-order valence-corrected chi connectivity index (χ4v) is 2.37. The fraction of sp³-hybridized carbons (Fsp3) is 0.667. The van der Waals surface area contributed by atoms with Gasteiger partial charge in [0.05, 0.1) is 10.5 Å². The third-order valence-electron chi connectivity index (χ3n) is 3.31. The Kier molecular flexibility index (Phi) is 5.70. The Morgan fingerprint density at radius 1 is 1.35 bits per heavy atom. The number of nitrogens with zero attached hydrogens (tertiary/aromatic N) is 1. The minimum Gasteiger partial charge on any atom is -0.451 e. The lowest BCUT2D eigenvalue weighted by molar-refractivity contribution is 0.135. The molecule has 1 aromatic heterocycles. The molecule has 0 aromatic carbocycles. The van der Waals surface area contributed by atoms with Crippen LogP contribution in [0.15, 0.2) is 19.6 Å². The van der Waals surface area contributed by atoms with Gasteiger partial charge in [0, 0.05) is 12.6 Å². The van der Waals surface area contributed by atoms with E-state index in [0.717, 1.165) is 14.9 Å². The van der Waals surface area contributed by atoms with Gasteiger partial charge in [0.25, 0.3) is 0 Å². The molecule has 0 saturated carbocycles. The molecule has 0 spiro atoms. The summed E-state index contributed by atoms with van der Waals surface area (Å²) in [4.78, 5) is 2.27. The fourth-order valence-electron chi connectivity index (χ4n) is 1.76. The Labute approximate surface area is 120 Å². The summed E-state index contributed by atoms with van der Waals surface area (Å²) in [6.45, 7) is 7.17. The zero-order chi connectivity index (χ0) is 13.2. The van der Waals surface area contributed by atoms with Crippen molar-refractivity contribution in [2.24, 2.45) is 11.7 Å². The second-order valence-corrected chi connectivity index (χ2v) is 6.25.